The molecule has 0 fully saturated rings. The van der Waals surface area contributed by atoms with E-state index in [9.17, 15) is 4.79 Å². The average molecular weight is 354 g/mol. The lowest BCUT2D eigenvalue weighted by Gasteiger charge is -2.25. The topological polar surface area (TPSA) is 34.9 Å². The third kappa shape index (κ3) is 3.17. The maximum atomic E-state index is 13.5. The summed E-state index contributed by atoms with van der Waals surface area (Å²) in [6.45, 7) is 4.65. The molecule has 3 aromatic carbocycles. The number of hydrogen-bond donors (Lipinski definition) is 0. The van der Waals surface area contributed by atoms with Crippen molar-refractivity contribution in [3.8, 4) is 0 Å². The van der Waals surface area contributed by atoms with E-state index in [1.54, 1.807) is 0 Å². The van der Waals surface area contributed by atoms with Gasteiger partial charge in [0.05, 0.1) is 17.6 Å². The van der Waals surface area contributed by atoms with Gasteiger partial charge in [0.25, 0.3) is 5.56 Å². The minimum atomic E-state index is -0.485. The van der Waals surface area contributed by atoms with E-state index in [4.69, 9.17) is 4.98 Å². The molecule has 0 bridgehead atoms. The Kier molecular flexibility index (Phi) is 4.36. The molecular weight excluding hydrogens is 332 g/mol. The van der Waals surface area contributed by atoms with Crippen molar-refractivity contribution in [2.24, 2.45) is 0 Å². The highest BCUT2D eigenvalue weighted by Gasteiger charge is 2.29. The van der Waals surface area contributed by atoms with Gasteiger partial charge in [-0.3, -0.25) is 4.79 Å². The van der Waals surface area contributed by atoms with Crippen molar-refractivity contribution in [1.82, 2.24) is 9.55 Å². The van der Waals surface area contributed by atoms with Crippen LogP contribution in [0.25, 0.3) is 11.0 Å². The van der Waals surface area contributed by atoms with E-state index in [0.717, 1.165) is 22.2 Å². The van der Waals surface area contributed by atoms with Gasteiger partial charge >= 0.3 is 0 Å². The van der Waals surface area contributed by atoms with Gasteiger partial charge in [0.15, 0.2) is 0 Å². The first kappa shape index (κ1) is 17.2. The van der Waals surface area contributed by atoms with Crippen LogP contribution in [0.5, 0.6) is 0 Å². The van der Waals surface area contributed by atoms with Gasteiger partial charge in [0, 0.05) is 5.41 Å². The fourth-order valence-corrected chi connectivity index (χ4v) is 3.51. The summed E-state index contributed by atoms with van der Waals surface area (Å²) in [6.07, 6.45) is 0. The highest BCUT2D eigenvalue weighted by Crippen LogP contribution is 2.29. The molecule has 1 aromatic heterocycles. The zero-order valence-corrected chi connectivity index (χ0v) is 15.6. The maximum absolute atomic E-state index is 13.5. The van der Waals surface area contributed by atoms with Gasteiger partial charge in [-0.2, -0.15) is 0 Å². The number of aromatic nitrogens is 2. The molecule has 1 heterocycles. The number of fused-ring (bicyclic) bond motifs is 1. The van der Waals surface area contributed by atoms with Crippen molar-refractivity contribution in [1.29, 1.82) is 0 Å². The van der Waals surface area contributed by atoms with Gasteiger partial charge < -0.3 is 4.57 Å². The first-order chi connectivity index (χ1) is 13.1. The van der Waals surface area contributed by atoms with E-state index in [0.29, 0.717) is 12.2 Å². The van der Waals surface area contributed by atoms with E-state index in [1.807, 2.05) is 77.4 Å². The van der Waals surface area contributed by atoms with Crippen LogP contribution in [0, 0.1) is 0 Å². The standard InChI is InChI=1S/C24H22N2O/c1-24(2,19-13-7-4-8-14-19)22-23(27)26(17-18-11-5-3-6-12-18)21-16-10-9-15-20(21)25-22/h3-16H,17H2,1-2H3. The molecule has 0 spiro atoms. The Morgan fingerprint density at radius 1 is 0.815 bits per heavy atom. The number of para-hydroxylation sites is 2. The molecule has 0 N–H and O–H groups in total. The zero-order valence-electron chi connectivity index (χ0n) is 15.6. The fraction of sp³-hybridized carbons (Fsp3) is 0.167. The predicted molar refractivity (Wildman–Crippen MR) is 110 cm³/mol. The third-order valence-electron chi connectivity index (χ3n) is 5.12. The highest BCUT2D eigenvalue weighted by molar-refractivity contribution is 5.75. The molecule has 0 aliphatic heterocycles. The lowest BCUT2D eigenvalue weighted by molar-refractivity contribution is 0.594. The van der Waals surface area contributed by atoms with Crippen LogP contribution in [0.15, 0.2) is 89.7 Å². The Hall–Kier alpha value is -3.20. The molecule has 0 aliphatic carbocycles. The smallest absolute Gasteiger partial charge is 0.273 e. The Morgan fingerprint density at radius 2 is 1.41 bits per heavy atom. The van der Waals surface area contributed by atoms with E-state index >= 15 is 0 Å². The van der Waals surface area contributed by atoms with Crippen molar-refractivity contribution in [2.45, 2.75) is 25.8 Å². The van der Waals surface area contributed by atoms with Crippen LogP contribution in [0.2, 0.25) is 0 Å². The Labute approximate surface area is 158 Å². The fourth-order valence-electron chi connectivity index (χ4n) is 3.51. The van der Waals surface area contributed by atoms with Crippen LogP contribution in [0.4, 0.5) is 0 Å². The summed E-state index contributed by atoms with van der Waals surface area (Å²) < 4.78 is 1.84. The van der Waals surface area contributed by atoms with Crippen molar-refractivity contribution < 1.29 is 0 Å². The van der Waals surface area contributed by atoms with Gasteiger partial charge in [-0.1, -0.05) is 72.8 Å². The van der Waals surface area contributed by atoms with Crippen LogP contribution in [-0.2, 0) is 12.0 Å². The van der Waals surface area contributed by atoms with Gasteiger partial charge in [-0.25, -0.2) is 4.98 Å². The number of nitrogens with zero attached hydrogens (tertiary/aromatic N) is 2. The van der Waals surface area contributed by atoms with Crippen molar-refractivity contribution in [3.05, 3.63) is 112 Å². The normalized spacial score (nSPS) is 11.6. The third-order valence-corrected chi connectivity index (χ3v) is 5.12. The summed E-state index contributed by atoms with van der Waals surface area (Å²) in [4.78, 5) is 18.3. The molecule has 4 aromatic rings. The van der Waals surface area contributed by atoms with Crippen molar-refractivity contribution >= 4 is 11.0 Å². The van der Waals surface area contributed by atoms with Crippen LogP contribution >= 0.6 is 0 Å². The molecule has 27 heavy (non-hydrogen) atoms. The lowest BCUT2D eigenvalue weighted by atomic mass is 9.81. The average Bonchev–Trinajstić information content (AvgIpc) is 2.71. The first-order valence-corrected chi connectivity index (χ1v) is 9.17. The summed E-state index contributed by atoms with van der Waals surface area (Å²) in [5.41, 5.74) is 3.93. The maximum Gasteiger partial charge on any atom is 0.273 e. The van der Waals surface area contributed by atoms with Gasteiger partial charge in [0.2, 0.25) is 0 Å². The van der Waals surface area contributed by atoms with Crippen molar-refractivity contribution in [3.63, 3.8) is 0 Å². The molecule has 0 radical (unpaired) electrons. The molecule has 0 saturated heterocycles. The molecule has 0 atom stereocenters. The molecule has 0 saturated carbocycles. The minimum Gasteiger partial charge on any atom is -0.301 e. The second-order valence-electron chi connectivity index (χ2n) is 7.32. The van der Waals surface area contributed by atoms with E-state index in [2.05, 4.69) is 26.0 Å². The molecule has 0 unspecified atom stereocenters. The monoisotopic (exact) mass is 354 g/mol. The Morgan fingerprint density at radius 3 is 2.11 bits per heavy atom. The summed E-state index contributed by atoms with van der Waals surface area (Å²) >= 11 is 0. The van der Waals surface area contributed by atoms with Crippen LogP contribution < -0.4 is 5.56 Å². The number of hydrogen-bond acceptors (Lipinski definition) is 2. The van der Waals surface area contributed by atoms with E-state index in [1.165, 1.54) is 0 Å². The molecule has 134 valence electrons. The molecule has 3 nitrogen and oxygen atoms in total. The van der Waals surface area contributed by atoms with Crippen LogP contribution in [0.3, 0.4) is 0 Å². The minimum absolute atomic E-state index is 0.0357. The molecule has 0 aliphatic rings. The van der Waals surface area contributed by atoms with Crippen LogP contribution in [0.1, 0.15) is 30.7 Å². The largest absolute Gasteiger partial charge is 0.301 e. The molecule has 0 amide bonds. The first-order valence-electron chi connectivity index (χ1n) is 9.17. The SMILES string of the molecule is CC(C)(c1ccccc1)c1nc2ccccc2n(Cc2ccccc2)c1=O. The Balaban J connectivity index is 1.95. The second-order valence-corrected chi connectivity index (χ2v) is 7.32. The van der Waals surface area contributed by atoms with Crippen LogP contribution in [-0.4, -0.2) is 9.55 Å². The zero-order chi connectivity index (χ0) is 18.9. The Bertz CT molecular complexity index is 1130. The lowest BCUT2D eigenvalue weighted by Crippen LogP contribution is -2.35. The quantitative estimate of drug-likeness (QED) is 0.529. The van der Waals surface area contributed by atoms with E-state index in [-0.39, 0.29) is 5.56 Å². The van der Waals surface area contributed by atoms with Gasteiger partial charge in [-0.05, 0) is 37.1 Å². The van der Waals surface area contributed by atoms with Crippen molar-refractivity contribution in [2.75, 3.05) is 0 Å². The predicted octanol–water partition coefficient (Wildman–Crippen LogP) is 4.77. The van der Waals surface area contributed by atoms with E-state index < -0.39 is 5.41 Å². The molecule has 3 heteroatoms. The summed E-state index contributed by atoms with van der Waals surface area (Å²) in [6, 6.07) is 28.0. The molecule has 4 rings (SSSR count). The summed E-state index contributed by atoms with van der Waals surface area (Å²) in [7, 11) is 0. The summed E-state index contributed by atoms with van der Waals surface area (Å²) in [5.74, 6) is 0. The number of rotatable bonds is 4. The highest BCUT2D eigenvalue weighted by atomic mass is 16.1. The second kappa shape index (κ2) is 6.84. The summed E-state index contributed by atoms with van der Waals surface area (Å²) in [5, 5.41) is 0. The van der Waals surface area contributed by atoms with Gasteiger partial charge in [-0.15, -0.1) is 0 Å². The number of benzene rings is 3. The van der Waals surface area contributed by atoms with Gasteiger partial charge in [0.1, 0.15) is 5.69 Å². The molecular formula is C24H22N2O.